The quantitative estimate of drug-likeness (QED) is 0.616. The second kappa shape index (κ2) is 7.15. The Bertz CT molecular complexity index is 468. The van der Waals surface area contributed by atoms with E-state index < -0.39 is 17.8 Å². The van der Waals surface area contributed by atoms with Crippen LogP contribution in [-0.4, -0.2) is 30.9 Å². The molecule has 0 aliphatic carbocycles. The summed E-state index contributed by atoms with van der Waals surface area (Å²) in [6.45, 7) is 3.35. The molecule has 0 unspecified atom stereocenters. The molecule has 102 valence electrons. The molecule has 2 N–H and O–H groups in total. The fourth-order valence-electron chi connectivity index (χ4n) is 1.27. The fourth-order valence-corrected chi connectivity index (χ4v) is 1.27. The van der Waals surface area contributed by atoms with Gasteiger partial charge in [-0.25, -0.2) is 4.79 Å². The van der Waals surface area contributed by atoms with Crippen molar-refractivity contribution in [1.82, 2.24) is 5.32 Å². The van der Waals surface area contributed by atoms with E-state index in [1.54, 1.807) is 19.1 Å². The van der Waals surface area contributed by atoms with Gasteiger partial charge in [-0.05, 0) is 26.0 Å². The van der Waals surface area contributed by atoms with Crippen molar-refractivity contribution in [3.63, 3.8) is 0 Å². The fraction of sp³-hybridized carbons (Fsp3) is 0.308. The lowest BCUT2D eigenvalue weighted by Gasteiger charge is -2.06. The van der Waals surface area contributed by atoms with Gasteiger partial charge in [0.15, 0.2) is 0 Å². The minimum atomic E-state index is -0.995. The zero-order valence-electron chi connectivity index (χ0n) is 10.9. The van der Waals surface area contributed by atoms with Crippen molar-refractivity contribution in [2.75, 3.05) is 18.5 Å². The smallest absolute Gasteiger partial charge is 0.396 e. The van der Waals surface area contributed by atoms with Crippen LogP contribution in [-0.2, 0) is 19.1 Å². The molecule has 0 saturated heterocycles. The molecule has 0 aliphatic rings. The molecule has 1 rings (SSSR count). The molecule has 0 saturated carbocycles. The Labute approximate surface area is 111 Å². The highest BCUT2D eigenvalue weighted by Crippen LogP contribution is 2.07. The molecule has 0 radical (unpaired) electrons. The topological polar surface area (TPSA) is 84.5 Å². The van der Waals surface area contributed by atoms with Gasteiger partial charge < -0.3 is 15.4 Å². The summed E-state index contributed by atoms with van der Waals surface area (Å²) in [7, 11) is 0. The van der Waals surface area contributed by atoms with Crippen molar-refractivity contribution in [3.8, 4) is 0 Å². The Hall–Kier alpha value is -2.37. The van der Waals surface area contributed by atoms with Crippen LogP contribution < -0.4 is 10.6 Å². The number of aryl methyl sites for hydroxylation is 1. The molecule has 0 atom stereocenters. The molecule has 6 nitrogen and oxygen atoms in total. The number of carbonyl (C=O) groups excluding carboxylic acids is 3. The standard InChI is InChI=1S/C13H16N2O4/c1-3-19-13(18)12(17)14-8-11(16)15-10-6-4-9(2)5-7-10/h4-7H,3,8H2,1-2H3,(H,14,17)(H,15,16). The summed E-state index contributed by atoms with van der Waals surface area (Å²) < 4.78 is 4.48. The number of nitrogens with one attached hydrogen (secondary N) is 2. The lowest BCUT2D eigenvalue weighted by molar-refractivity contribution is -0.154. The van der Waals surface area contributed by atoms with E-state index in [4.69, 9.17) is 0 Å². The minimum Gasteiger partial charge on any atom is -0.459 e. The normalized spacial score (nSPS) is 9.58. The maximum atomic E-state index is 11.5. The molecule has 0 bridgehead atoms. The SMILES string of the molecule is CCOC(=O)C(=O)NCC(=O)Nc1ccc(C)cc1. The van der Waals surface area contributed by atoms with Crippen molar-refractivity contribution >= 4 is 23.5 Å². The van der Waals surface area contributed by atoms with Gasteiger partial charge in [-0.3, -0.25) is 9.59 Å². The van der Waals surface area contributed by atoms with Crippen molar-refractivity contribution in [2.24, 2.45) is 0 Å². The van der Waals surface area contributed by atoms with Crippen LogP contribution in [0.25, 0.3) is 0 Å². The highest BCUT2D eigenvalue weighted by Gasteiger charge is 2.15. The Morgan fingerprint density at radius 1 is 1.16 bits per heavy atom. The zero-order chi connectivity index (χ0) is 14.3. The highest BCUT2D eigenvalue weighted by molar-refractivity contribution is 6.32. The summed E-state index contributed by atoms with van der Waals surface area (Å²) in [5.41, 5.74) is 1.70. The van der Waals surface area contributed by atoms with Crippen LogP contribution >= 0.6 is 0 Å². The van der Waals surface area contributed by atoms with Crippen LogP contribution in [0.15, 0.2) is 24.3 Å². The molecule has 0 aliphatic heterocycles. The average molecular weight is 264 g/mol. The lowest BCUT2D eigenvalue weighted by Crippen LogP contribution is -2.38. The molecule has 0 heterocycles. The summed E-state index contributed by atoms with van der Waals surface area (Å²) in [6.07, 6.45) is 0. The average Bonchev–Trinajstić information content (AvgIpc) is 2.39. The second-order valence-electron chi connectivity index (χ2n) is 3.82. The van der Waals surface area contributed by atoms with Crippen LogP contribution in [0.5, 0.6) is 0 Å². The highest BCUT2D eigenvalue weighted by atomic mass is 16.5. The van der Waals surface area contributed by atoms with E-state index in [0.717, 1.165) is 5.56 Å². The largest absolute Gasteiger partial charge is 0.459 e. The molecular weight excluding hydrogens is 248 g/mol. The van der Waals surface area contributed by atoms with Crippen molar-refractivity contribution in [2.45, 2.75) is 13.8 Å². The van der Waals surface area contributed by atoms with E-state index in [0.29, 0.717) is 5.69 Å². The van der Waals surface area contributed by atoms with Crippen LogP contribution in [0.2, 0.25) is 0 Å². The maximum absolute atomic E-state index is 11.5. The first-order valence-corrected chi connectivity index (χ1v) is 5.84. The van der Waals surface area contributed by atoms with Crippen LogP contribution in [0.3, 0.4) is 0 Å². The molecule has 0 spiro atoms. The Balaban J connectivity index is 2.37. The van der Waals surface area contributed by atoms with E-state index in [1.165, 1.54) is 0 Å². The number of rotatable bonds is 4. The zero-order valence-corrected chi connectivity index (χ0v) is 10.9. The Kier molecular flexibility index (Phi) is 5.53. The molecule has 0 aromatic heterocycles. The predicted molar refractivity (Wildman–Crippen MR) is 69.5 cm³/mol. The van der Waals surface area contributed by atoms with E-state index in [2.05, 4.69) is 15.4 Å². The summed E-state index contributed by atoms with van der Waals surface area (Å²) >= 11 is 0. The van der Waals surface area contributed by atoms with Crippen molar-refractivity contribution < 1.29 is 19.1 Å². The van der Waals surface area contributed by atoms with E-state index in [-0.39, 0.29) is 13.2 Å². The summed E-state index contributed by atoms with van der Waals surface area (Å²) in [5.74, 6) is -2.34. The third-order valence-corrected chi connectivity index (χ3v) is 2.21. The minimum absolute atomic E-state index is 0.113. The number of esters is 1. The summed E-state index contributed by atoms with van der Waals surface area (Å²) in [6, 6.07) is 7.21. The van der Waals surface area contributed by atoms with Gasteiger partial charge in [-0.2, -0.15) is 0 Å². The second-order valence-corrected chi connectivity index (χ2v) is 3.82. The van der Waals surface area contributed by atoms with Crippen LogP contribution in [0.1, 0.15) is 12.5 Å². The third-order valence-electron chi connectivity index (χ3n) is 2.21. The molecule has 0 fully saturated rings. The number of ether oxygens (including phenoxy) is 1. The Morgan fingerprint density at radius 3 is 2.37 bits per heavy atom. The molecule has 1 aromatic rings. The van der Waals surface area contributed by atoms with Gasteiger partial charge in [-0.15, -0.1) is 0 Å². The number of benzene rings is 1. The summed E-state index contributed by atoms with van der Waals surface area (Å²) in [5, 5.41) is 4.76. The van der Waals surface area contributed by atoms with Gasteiger partial charge in [0.2, 0.25) is 5.91 Å². The van der Waals surface area contributed by atoms with E-state index in [1.807, 2.05) is 19.1 Å². The van der Waals surface area contributed by atoms with Gasteiger partial charge in [0.05, 0.1) is 13.2 Å². The lowest BCUT2D eigenvalue weighted by atomic mass is 10.2. The molecule has 6 heteroatoms. The molecule has 19 heavy (non-hydrogen) atoms. The van der Waals surface area contributed by atoms with Crippen molar-refractivity contribution in [1.29, 1.82) is 0 Å². The van der Waals surface area contributed by atoms with Gasteiger partial charge in [0.1, 0.15) is 0 Å². The number of hydrogen-bond donors (Lipinski definition) is 2. The van der Waals surface area contributed by atoms with Crippen LogP contribution in [0, 0.1) is 6.92 Å². The van der Waals surface area contributed by atoms with E-state index >= 15 is 0 Å². The maximum Gasteiger partial charge on any atom is 0.396 e. The van der Waals surface area contributed by atoms with Gasteiger partial charge in [0.25, 0.3) is 0 Å². The monoisotopic (exact) mass is 264 g/mol. The van der Waals surface area contributed by atoms with E-state index in [9.17, 15) is 14.4 Å². The number of amides is 2. The number of anilines is 1. The first kappa shape index (κ1) is 14.7. The first-order valence-electron chi connectivity index (χ1n) is 5.84. The van der Waals surface area contributed by atoms with Gasteiger partial charge in [-0.1, -0.05) is 17.7 Å². The number of hydrogen-bond acceptors (Lipinski definition) is 4. The molecule has 1 aromatic carbocycles. The van der Waals surface area contributed by atoms with Crippen LogP contribution in [0.4, 0.5) is 5.69 Å². The predicted octanol–water partition coefficient (Wildman–Crippen LogP) is 0.613. The Morgan fingerprint density at radius 2 is 1.79 bits per heavy atom. The van der Waals surface area contributed by atoms with Gasteiger partial charge in [0, 0.05) is 5.69 Å². The van der Waals surface area contributed by atoms with Crippen molar-refractivity contribution in [3.05, 3.63) is 29.8 Å². The molecular formula is C13H16N2O4. The third kappa shape index (κ3) is 5.20. The first-order chi connectivity index (χ1) is 9.02. The molecule has 2 amide bonds. The summed E-state index contributed by atoms with van der Waals surface area (Å²) in [4.78, 5) is 33.7. The number of carbonyl (C=O) groups is 3. The van der Waals surface area contributed by atoms with Gasteiger partial charge >= 0.3 is 11.9 Å².